The van der Waals surface area contributed by atoms with E-state index in [9.17, 15) is 9.90 Å². The van der Waals surface area contributed by atoms with E-state index in [2.05, 4.69) is 15.6 Å². The minimum atomic E-state index is -0.512. The maximum absolute atomic E-state index is 11.7. The molecule has 1 rings (SSSR count). The number of nitrogens with zero attached hydrogens (tertiary/aromatic N) is 3. The third-order valence-corrected chi connectivity index (χ3v) is 2.00. The van der Waals surface area contributed by atoms with E-state index in [0.29, 0.717) is 13.1 Å². The average molecular weight is 240 g/mol. The molecule has 0 bridgehead atoms. The Morgan fingerprint density at radius 3 is 2.76 bits per heavy atom. The van der Waals surface area contributed by atoms with Gasteiger partial charge >= 0.3 is 0 Å². The van der Waals surface area contributed by atoms with Gasteiger partial charge in [0, 0.05) is 6.54 Å². The zero-order valence-electron chi connectivity index (χ0n) is 10.8. The van der Waals surface area contributed by atoms with Crippen LogP contribution in [-0.2, 0) is 6.54 Å². The molecule has 0 aromatic carbocycles. The zero-order chi connectivity index (χ0) is 13.1. The molecule has 6 heteroatoms. The summed E-state index contributed by atoms with van der Waals surface area (Å²) in [6.07, 6.45) is 1.02. The van der Waals surface area contributed by atoms with Crippen molar-refractivity contribution < 1.29 is 9.90 Å². The van der Waals surface area contributed by atoms with Gasteiger partial charge in [0.15, 0.2) is 5.69 Å². The first-order chi connectivity index (χ1) is 7.78. The molecule has 2 N–H and O–H groups in total. The molecule has 1 unspecified atom stereocenters. The van der Waals surface area contributed by atoms with Crippen LogP contribution in [0.25, 0.3) is 0 Å². The lowest BCUT2D eigenvalue weighted by molar-refractivity contribution is 0.0934. The molecule has 96 valence electrons. The minimum absolute atomic E-state index is 0.0330. The summed E-state index contributed by atoms with van der Waals surface area (Å²) in [5.41, 5.74) is 0.306. The van der Waals surface area contributed by atoms with Crippen LogP contribution >= 0.6 is 0 Å². The fourth-order valence-corrected chi connectivity index (χ4v) is 1.20. The Kier molecular flexibility index (Phi) is 4.22. The van der Waals surface area contributed by atoms with E-state index in [-0.39, 0.29) is 17.0 Å². The number of hydrogen-bond acceptors (Lipinski definition) is 4. The predicted octanol–water partition coefficient (Wildman–Crippen LogP) is 0.435. The van der Waals surface area contributed by atoms with Crippen LogP contribution in [0, 0.1) is 5.41 Å². The molecule has 1 amide bonds. The lowest BCUT2D eigenvalue weighted by Gasteiger charge is -2.17. The minimum Gasteiger partial charge on any atom is -0.391 e. The van der Waals surface area contributed by atoms with Crippen LogP contribution in [0.5, 0.6) is 0 Å². The van der Waals surface area contributed by atoms with Crippen LogP contribution in [0.15, 0.2) is 6.20 Å². The molecule has 0 aliphatic heterocycles. The number of hydrogen-bond donors (Lipinski definition) is 2. The van der Waals surface area contributed by atoms with E-state index < -0.39 is 6.10 Å². The second-order valence-corrected chi connectivity index (χ2v) is 5.42. The largest absolute Gasteiger partial charge is 0.391 e. The third kappa shape index (κ3) is 4.95. The number of carbonyl (C=O) groups is 1. The molecule has 0 aliphatic carbocycles. The molecule has 0 saturated heterocycles. The van der Waals surface area contributed by atoms with E-state index >= 15 is 0 Å². The molecule has 1 aromatic rings. The Balaban J connectivity index is 2.55. The van der Waals surface area contributed by atoms with Gasteiger partial charge in [-0.2, -0.15) is 0 Å². The van der Waals surface area contributed by atoms with Crippen molar-refractivity contribution in [1.29, 1.82) is 0 Å². The first-order valence-electron chi connectivity index (χ1n) is 5.64. The monoisotopic (exact) mass is 240 g/mol. The van der Waals surface area contributed by atoms with Crippen LogP contribution in [0.3, 0.4) is 0 Å². The normalized spacial score (nSPS) is 13.5. The van der Waals surface area contributed by atoms with E-state index in [0.717, 1.165) is 0 Å². The Bertz CT molecular complexity index is 379. The molecule has 0 spiro atoms. The van der Waals surface area contributed by atoms with Gasteiger partial charge in [0.1, 0.15) is 0 Å². The van der Waals surface area contributed by atoms with Crippen molar-refractivity contribution in [2.24, 2.45) is 5.41 Å². The Hall–Kier alpha value is -1.43. The highest BCUT2D eigenvalue weighted by atomic mass is 16.3. The summed E-state index contributed by atoms with van der Waals surface area (Å²) < 4.78 is 1.46. The van der Waals surface area contributed by atoms with Crippen molar-refractivity contribution >= 4 is 5.91 Å². The summed E-state index contributed by atoms with van der Waals surface area (Å²) >= 11 is 0. The van der Waals surface area contributed by atoms with Gasteiger partial charge in [-0.3, -0.25) is 4.79 Å². The smallest absolute Gasteiger partial charge is 0.273 e. The number of aliphatic hydroxyl groups is 1. The summed E-state index contributed by atoms with van der Waals surface area (Å²) in [6, 6.07) is 0. The van der Waals surface area contributed by atoms with Crippen molar-refractivity contribution in [2.75, 3.05) is 6.54 Å². The molecule has 1 heterocycles. The second-order valence-electron chi connectivity index (χ2n) is 5.42. The van der Waals surface area contributed by atoms with Gasteiger partial charge in [0.25, 0.3) is 5.91 Å². The molecule has 1 aromatic heterocycles. The van der Waals surface area contributed by atoms with Crippen molar-refractivity contribution in [1.82, 2.24) is 20.3 Å². The predicted molar refractivity (Wildman–Crippen MR) is 63.5 cm³/mol. The van der Waals surface area contributed by atoms with Gasteiger partial charge in [-0.15, -0.1) is 5.10 Å². The van der Waals surface area contributed by atoms with Crippen molar-refractivity contribution in [3.8, 4) is 0 Å². The van der Waals surface area contributed by atoms with Crippen molar-refractivity contribution in [3.05, 3.63) is 11.9 Å². The SMILES string of the molecule is CC(O)Cn1cc(C(=O)NCC(C)(C)C)nn1. The third-order valence-electron chi connectivity index (χ3n) is 2.00. The molecule has 1 atom stereocenters. The molecule has 6 nitrogen and oxygen atoms in total. The summed E-state index contributed by atoms with van der Waals surface area (Å²) in [5, 5.41) is 19.5. The molecule has 0 radical (unpaired) electrons. The van der Waals surface area contributed by atoms with Gasteiger partial charge in [-0.25, -0.2) is 4.68 Å². The first-order valence-corrected chi connectivity index (χ1v) is 5.64. The number of rotatable bonds is 4. The van der Waals surface area contributed by atoms with Gasteiger partial charge in [0.05, 0.1) is 18.8 Å². The highest BCUT2D eigenvalue weighted by Crippen LogP contribution is 2.10. The fourth-order valence-electron chi connectivity index (χ4n) is 1.20. The molecular formula is C11H20N4O2. The maximum Gasteiger partial charge on any atom is 0.273 e. The summed E-state index contributed by atoms with van der Waals surface area (Å²) in [7, 11) is 0. The summed E-state index contributed by atoms with van der Waals surface area (Å²) in [6.45, 7) is 8.68. The van der Waals surface area contributed by atoms with Gasteiger partial charge < -0.3 is 10.4 Å². The molecule has 0 saturated carbocycles. The summed E-state index contributed by atoms with van der Waals surface area (Å²) in [5.74, 6) is -0.239. The molecule has 0 fully saturated rings. The zero-order valence-corrected chi connectivity index (χ0v) is 10.8. The second kappa shape index (κ2) is 5.27. The standard InChI is InChI=1S/C11H20N4O2/c1-8(16)5-15-6-9(13-14-15)10(17)12-7-11(2,3)4/h6,8,16H,5,7H2,1-4H3,(H,12,17). The summed E-state index contributed by atoms with van der Waals surface area (Å²) in [4.78, 5) is 11.7. The molecule has 0 aliphatic rings. The van der Waals surface area contributed by atoms with E-state index in [1.165, 1.54) is 10.9 Å². The van der Waals surface area contributed by atoms with Crippen LogP contribution < -0.4 is 5.32 Å². The number of aromatic nitrogens is 3. The van der Waals surface area contributed by atoms with Crippen molar-refractivity contribution in [2.45, 2.75) is 40.3 Å². The van der Waals surface area contributed by atoms with Crippen LogP contribution in [0.4, 0.5) is 0 Å². The number of carbonyl (C=O) groups excluding carboxylic acids is 1. The highest BCUT2D eigenvalue weighted by molar-refractivity contribution is 5.91. The topological polar surface area (TPSA) is 80.0 Å². The van der Waals surface area contributed by atoms with Crippen LogP contribution in [-0.4, -0.2) is 38.7 Å². The van der Waals surface area contributed by atoms with E-state index in [4.69, 9.17) is 0 Å². The van der Waals surface area contributed by atoms with Crippen molar-refractivity contribution in [3.63, 3.8) is 0 Å². The average Bonchev–Trinajstić information content (AvgIpc) is 2.60. The van der Waals surface area contributed by atoms with Crippen LogP contribution in [0.1, 0.15) is 38.2 Å². The molecule has 17 heavy (non-hydrogen) atoms. The maximum atomic E-state index is 11.7. The quantitative estimate of drug-likeness (QED) is 0.800. The number of nitrogens with one attached hydrogen (secondary N) is 1. The van der Waals surface area contributed by atoms with E-state index in [1.54, 1.807) is 6.92 Å². The fraction of sp³-hybridized carbons (Fsp3) is 0.727. The van der Waals surface area contributed by atoms with Gasteiger partial charge in [-0.05, 0) is 12.3 Å². The Labute approximate surface area is 101 Å². The Morgan fingerprint density at radius 1 is 1.59 bits per heavy atom. The van der Waals surface area contributed by atoms with Gasteiger partial charge in [0.2, 0.25) is 0 Å². The lowest BCUT2D eigenvalue weighted by Crippen LogP contribution is -2.32. The first kappa shape index (κ1) is 13.6. The van der Waals surface area contributed by atoms with E-state index in [1.807, 2.05) is 20.8 Å². The Morgan fingerprint density at radius 2 is 2.24 bits per heavy atom. The van der Waals surface area contributed by atoms with Crippen LogP contribution in [0.2, 0.25) is 0 Å². The highest BCUT2D eigenvalue weighted by Gasteiger charge is 2.15. The van der Waals surface area contributed by atoms with Gasteiger partial charge in [-0.1, -0.05) is 26.0 Å². The number of aliphatic hydroxyl groups excluding tert-OH is 1. The lowest BCUT2D eigenvalue weighted by atomic mass is 9.97. The molecular weight excluding hydrogens is 220 g/mol. The number of amides is 1.